The second-order valence-corrected chi connectivity index (χ2v) is 8.14. The van der Waals surface area contributed by atoms with Crippen LogP contribution in [0.1, 0.15) is 51.0 Å². The van der Waals surface area contributed by atoms with Crippen LogP contribution in [-0.4, -0.2) is 40.9 Å². The molecule has 35 heavy (non-hydrogen) atoms. The lowest BCUT2D eigenvalue weighted by atomic mass is 10.1. The number of hydrogen-bond acceptors (Lipinski definition) is 6. The van der Waals surface area contributed by atoms with Crippen molar-refractivity contribution < 1.29 is 19.1 Å². The summed E-state index contributed by atoms with van der Waals surface area (Å²) in [4.78, 5) is 25.6. The van der Waals surface area contributed by atoms with Crippen LogP contribution in [0.5, 0.6) is 11.5 Å². The van der Waals surface area contributed by atoms with Crippen molar-refractivity contribution in [2.24, 2.45) is 0 Å². The zero-order chi connectivity index (χ0) is 25.4. The zero-order valence-corrected chi connectivity index (χ0v) is 20.8. The van der Waals surface area contributed by atoms with Crippen molar-refractivity contribution in [1.82, 2.24) is 9.78 Å². The summed E-state index contributed by atoms with van der Waals surface area (Å²) in [5, 5.41) is 13.3. The molecule has 9 nitrogen and oxygen atoms in total. The minimum atomic E-state index is -0.594. The summed E-state index contributed by atoms with van der Waals surface area (Å²) in [7, 11) is 0. The Kier molecular flexibility index (Phi) is 8.72. The van der Waals surface area contributed by atoms with Crippen LogP contribution in [0, 0.1) is 0 Å². The lowest BCUT2D eigenvalue weighted by Crippen LogP contribution is -2.33. The van der Waals surface area contributed by atoms with E-state index < -0.39 is 6.04 Å². The van der Waals surface area contributed by atoms with E-state index in [4.69, 9.17) is 9.47 Å². The van der Waals surface area contributed by atoms with Crippen LogP contribution in [0.15, 0.2) is 54.7 Å². The molecule has 3 aromatic rings. The van der Waals surface area contributed by atoms with Gasteiger partial charge >= 0.3 is 0 Å². The molecular weight excluding hydrogens is 446 g/mol. The van der Waals surface area contributed by atoms with E-state index in [0.717, 1.165) is 0 Å². The van der Waals surface area contributed by atoms with Crippen LogP contribution in [-0.2, 0) is 4.79 Å². The molecule has 0 aliphatic heterocycles. The molecule has 1 aromatic heterocycles. The van der Waals surface area contributed by atoms with Gasteiger partial charge in [-0.15, -0.1) is 0 Å². The van der Waals surface area contributed by atoms with Gasteiger partial charge in [-0.3, -0.25) is 9.59 Å². The normalized spacial score (nSPS) is 11.6. The lowest BCUT2D eigenvalue weighted by molar-refractivity contribution is -0.116. The summed E-state index contributed by atoms with van der Waals surface area (Å²) >= 11 is 0. The highest BCUT2D eigenvalue weighted by atomic mass is 16.5. The number of benzene rings is 2. The van der Waals surface area contributed by atoms with E-state index in [1.807, 2.05) is 33.8 Å². The fourth-order valence-electron chi connectivity index (χ4n) is 3.46. The second-order valence-electron chi connectivity index (χ2n) is 8.14. The van der Waals surface area contributed by atoms with Gasteiger partial charge in [0, 0.05) is 29.8 Å². The Labute approximate surface area is 205 Å². The number of rotatable bonds is 11. The predicted molar refractivity (Wildman–Crippen MR) is 138 cm³/mol. The number of ether oxygens (including phenoxy) is 2. The highest BCUT2D eigenvalue weighted by Gasteiger charge is 2.20. The van der Waals surface area contributed by atoms with Crippen molar-refractivity contribution >= 4 is 29.0 Å². The molecule has 1 unspecified atom stereocenters. The van der Waals surface area contributed by atoms with E-state index in [9.17, 15) is 9.59 Å². The summed E-state index contributed by atoms with van der Waals surface area (Å²) < 4.78 is 13.4. The highest BCUT2D eigenvalue weighted by Crippen LogP contribution is 2.37. The lowest BCUT2D eigenvalue weighted by Gasteiger charge is -2.21. The van der Waals surface area contributed by atoms with Gasteiger partial charge in [-0.25, -0.2) is 4.68 Å². The topological polar surface area (TPSA) is 107 Å². The smallest absolute Gasteiger partial charge is 0.255 e. The minimum absolute atomic E-state index is 0.112. The van der Waals surface area contributed by atoms with Gasteiger partial charge in [0.15, 0.2) is 0 Å². The molecular formula is C26H33N5O4. The molecule has 0 aliphatic carbocycles. The van der Waals surface area contributed by atoms with Gasteiger partial charge in [0.05, 0.1) is 30.8 Å². The summed E-state index contributed by atoms with van der Waals surface area (Å²) in [5.41, 5.74) is 1.58. The molecule has 1 atom stereocenters. The molecule has 0 radical (unpaired) electrons. The van der Waals surface area contributed by atoms with Gasteiger partial charge in [-0.2, -0.15) is 5.10 Å². The summed E-state index contributed by atoms with van der Waals surface area (Å²) in [6, 6.07) is 13.6. The molecule has 9 heteroatoms. The number of carbonyl (C=O) groups excluding carboxylic acids is 2. The van der Waals surface area contributed by atoms with Gasteiger partial charge in [-0.1, -0.05) is 18.2 Å². The van der Waals surface area contributed by atoms with Crippen molar-refractivity contribution in [3.05, 3.63) is 60.3 Å². The first-order valence-corrected chi connectivity index (χ1v) is 11.7. The Hall–Kier alpha value is -4.01. The summed E-state index contributed by atoms with van der Waals surface area (Å²) in [5.74, 6) is 1.09. The average Bonchev–Trinajstić information content (AvgIpc) is 3.30. The number of hydrogen-bond donors (Lipinski definition) is 3. The first-order chi connectivity index (χ1) is 16.8. The monoisotopic (exact) mass is 479 g/mol. The molecule has 0 fully saturated rings. The fraction of sp³-hybridized carbons (Fsp3) is 0.346. The maximum absolute atomic E-state index is 12.9. The van der Waals surface area contributed by atoms with Crippen molar-refractivity contribution in [2.45, 2.75) is 46.7 Å². The van der Waals surface area contributed by atoms with Crippen LogP contribution in [0.4, 0.5) is 17.2 Å². The number of aromatic nitrogens is 2. The molecule has 0 saturated carbocycles. The van der Waals surface area contributed by atoms with Crippen molar-refractivity contribution in [3.63, 3.8) is 0 Å². The van der Waals surface area contributed by atoms with Crippen molar-refractivity contribution in [1.29, 1.82) is 0 Å². The predicted octanol–water partition coefficient (Wildman–Crippen LogP) is 4.95. The SMILES string of the molecule is CCOc1cc(NC(C)C(=O)Nc2ccnn2C(C)C)c(OCC)cc1NC(=O)c1ccccc1. The van der Waals surface area contributed by atoms with Crippen LogP contribution in [0.3, 0.4) is 0 Å². The number of nitrogens with one attached hydrogen (secondary N) is 3. The molecule has 2 amide bonds. The Morgan fingerprint density at radius 2 is 1.54 bits per heavy atom. The number of nitrogens with zero attached hydrogens (tertiary/aromatic N) is 2. The van der Waals surface area contributed by atoms with Crippen LogP contribution in [0.25, 0.3) is 0 Å². The molecule has 0 aliphatic rings. The van der Waals surface area contributed by atoms with Crippen molar-refractivity contribution in [3.8, 4) is 11.5 Å². The van der Waals surface area contributed by atoms with Gasteiger partial charge < -0.3 is 25.4 Å². The maximum Gasteiger partial charge on any atom is 0.255 e. The third-order valence-electron chi connectivity index (χ3n) is 5.14. The Morgan fingerprint density at radius 3 is 2.17 bits per heavy atom. The zero-order valence-electron chi connectivity index (χ0n) is 20.8. The van der Waals surface area contributed by atoms with E-state index in [1.165, 1.54) is 0 Å². The van der Waals surface area contributed by atoms with Gasteiger partial charge in [0.25, 0.3) is 5.91 Å². The summed E-state index contributed by atoms with van der Waals surface area (Å²) in [6.07, 6.45) is 1.65. The van der Waals surface area contributed by atoms with Gasteiger partial charge in [0.1, 0.15) is 23.4 Å². The van der Waals surface area contributed by atoms with Gasteiger partial charge in [-0.05, 0) is 46.8 Å². The maximum atomic E-state index is 12.9. The van der Waals surface area contributed by atoms with E-state index in [1.54, 1.807) is 60.3 Å². The highest BCUT2D eigenvalue weighted by molar-refractivity contribution is 6.05. The number of carbonyl (C=O) groups is 2. The third kappa shape index (κ3) is 6.53. The third-order valence-corrected chi connectivity index (χ3v) is 5.14. The molecule has 1 heterocycles. The number of anilines is 3. The van der Waals surface area contributed by atoms with Crippen LogP contribution < -0.4 is 25.4 Å². The molecule has 186 valence electrons. The Bertz CT molecular complexity index is 1140. The number of amides is 2. The first-order valence-electron chi connectivity index (χ1n) is 11.7. The van der Waals surface area contributed by atoms with E-state index >= 15 is 0 Å². The largest absolute Gasteiger partial charge is 0.492 e. The van der Waals surface area contributed by atoms with Crippen LogP contribution >= 0.6 is 0 Å². The molecule has 0 spiro atoms. The van der Waals surface area contributed by atoms with Crippen LogP contribution in [0.2, 0.25) is 0 Å². The van der Waals surface area contributed by atoms with E-state index in [2.05, 4.69) is 21.0 Å². The molecule has 0 saturated heterocycles. The standard InChI is InChI=1S/C26H33N5O4/c1-6-34-22-16-21(29-26(33)19-11-9-8-10-12-19)23(35-7-2)15-20(22)28-18(5)25(32)30-24-13-14-27-31(24)17(3)4/h8-18,28H,6-7H2,1-5H3,(H,29,33)(H,30,32). The van der Waals surface area contributed by atoms with Gasteiger partial charge in [0.2, 0.25) is 5.91 Å². The first kappa shape index (κ1) is 25.6. The summed E-state index contributed by atoms with van der Waals surface area (Å²) in [6.45, 7) is 10.3. The minimum Gasteiger partial charge on any atom is -0.492 e. The second kappa shape index (κ2) is 11.9. The van der Waals surface area contributed by atoms with Crippen molar-refractivity contribution in [2.75, 3.05) is 29.2 Å². The molecule has 2 aromatic carbocycles. The molecule has 3 N–H and O–H groups in total. The fourth-order valence-corrected chi connectivity index (χ4v) is 3.46. The Balaban J connectivity index is 1.83. The molecule has 3 rings (SSSR count). The quantitative estimate of drug-likeness (QED) is 0.359. The Morgan fingerprint density at radius 1 is 0.914 bits per heavy atom. The van der Waals surface area contributed by atoms with E-state index in [0.29, 0.717) is 47.5 Å². The average molecular weight is 480 g/mol. The molecule has 0 bridgehead atoms. The van der Waals surface area contributed by atoms with E-state index in [-0.39, 0.29) is 17.9 Å².